The lowest BCUT2D eigenvalue weighted by Crippen LogP contribution is -2.78. The van der Waals surface area contributed by atoms with Crippen molar-refractivity contribution < 1.29 is 14.3 Å². The molecule has 3 atom stereocenters. The second-order valence-corrected chi connectivity index (χ2v) is 10.5. The highest BCUT2D eigenvalue weighted by Gasteiger charge is 2.62. The van der Waals surface area contributed by atoms with Gasteiger partial charge >= 0.3 is 0 Å². The zero-order valence-electron chi connectivity index (χ0n) is 20.2. The van der Waals surface area contributed by atoms with Gasteiger partial charge in [0.25, 0.3) is 0 Å². The van der Waals surface area contributed by atoms with Crippen molar-refractivity contribution in [1.82, 2.24) is 15.0 Å². The minimum absolute atomic E-state index is 0.0100. The van der Waals surface area contributed by atoms with Crippen molar-refractivity contribution in [2.75, 3.05) is 6.61 Å². The second-order valence-electron chi connectivity index (χ2n) is 10.1. The van der Waals surface area contributed by atoms with Crippen LogP contribution in [0, 0.1) is 17.2 Å². The van der Waals surface area contributed by atoms with Crippen LogP contribution in [0.3, 0.4) is 0 Å². The zero-order valence-corrected chi connectivity index (χ0v) is 20.9. The molecule has 0 aliphatic carbocycles. The van der Waals surface area contributed by atoms with Crippen molar-refractivity contribution in [3.05, 3.63) is 65.6 Å². The number of benzene rings is 2. The van der Waals surface area contributed by atoms with Crippen LogP contribution in [0.1, 0.15) is 39.7 Å². The van der Waals surface area contributed by atoms with E-state index in [2.05, 4.69) is 48.8 Å². The molecule has 6 rings (SSSR count). The third kappa shape index (κ3) is 4.23. The molecule has 3 unspecified atom stereocenters. The lowest BCUT2D eigenvalue weighted by Gasteiger charge is -2.66. The summed E-state index contributed by atoms with van der Waals surface area (Å²) < 4.78 is 12.2. The van der Waals surface area contributed by atoms with E-state index in [0.29, 0.717) is 45.7 Å². The van der Waals surface area contributed by atoms with Gasteiger partial charge in [-0.1, -0.05) is 23.7 Å². The van der Waals surface area contributed by atoms with Crippen LogP contribution in [0.15, 0.2) is 55.0 Å². The minimum atomic E-state index is -0.0413. The van der Waals surface area contributed by atoms with Crippen LogP contribution < -0.4 is 9.47 Å². The summed E-state index contributed by atoms with van der Waals surface area (Å²) in [6.45, 7) is 9.38. The van der Waals surface area contributed by atoms with Gasteiger partial charge in [0.15, 0.2) is 0 Å². The number of ether oxygens (including phenoxy) is 2. The fraction of sp³-hybridized carbons (Fsp3) is 0.370. The molecule has 0 spiro atoms. The topological polar surface area (TPSA) is 80.5 Å². The molecule has 7 nitrogen and oxygen atoms in total. The number of hydrogen-bond donors (Lipinski definition) is 0. The Morgan fingerprint density at radius 2 is 2.00 bits per heavy atom. The number of rotatable bonds is 6. The highest BCUT2D eigenvalue weighted by atomic mass is 35.5. The van der Waals surface area contributed by atoms with E-state index >= 15 is 0 Å². The highest BCUT2D eigenvalue weighted by molar-refractivity contribution is 6.32. The number of piperidine rings is 1. The van der Waals surface area contributed by atoms with Gasteiger partial charge in [-0.05, 0) is 58.4 Å². The fourth-order valence-electron chi connectivity index (χ4n) is 5.38. The first-order valence-electron chi connectivity index (χ1n) is 11.6. The number of nitrogens with zero attached hydrogens (tertiary/aromatic N) is 4. The van der Waals surface area contributed by atoms with Crippen molar-refractivity contribution in [3.63, 3.8) is 0 Å². The van der Waals surface area contributed by atoms with E-state index in [0.717, 1.165) is 6.42 Å². The fourth-order valence-corrected chi connectivity index (χ4v) is 5.59. The molecule has 8 heteroatoms. The highest BCUT2D eigenvalue weighted by Crippen LogP contribution is 2.51. The molecule has 2 bridgehead atoms. The largest absolute Gasteiger partial charge is 0.493 e. The van der Waals surface area contributed by atoms with Crippen LogP contribution in [0.25, 0.3) is 11.3 Å². The van der Waals surface area contributed by atoms with Crippen LogP contribution in [0.5, 0.6) is 17.2 Å². The van der Waals surface area contributed by atoms with Crippen LogP contribution in [-0.4, -0.2) is 38.8 Å². The first-order valence-corrected chi connectivity index (χ1v) is 12.0. The summed E-state index contributed by atoms with van der Waals surface area (Å²) in [5.41, 5.74) is 1.63. The molecular formula is C27H27ClN4O3. The number of aromatic nitrogens is 2. The minimum Gasteiger partial charge on any atom is -0.493 e. The molecule has 0 radical (unpaired) electrons. The Morgan fingerprint density at radius 3 is 2.66 bits per heavy atom. The monoisotopic (exact) mass is 490 g/mol. The number of hydroxylamine groups is 2. The SMILES string of the molecule is CC1(C)CC(COc2ccc(Oc3cccc(-c4ccncn4)c3C#N)c(Cl)c2)C2ON1C2(C)C. The molecule has 1 aromatic heterocycles. The van der Waals surface area contributed by atoms with E-state index in [1.807, 2.05) is 18.2 Å². The van der Waals surface area contributed by atoms with E-state index in [-0.39, 0.29) is 23.1 Å². The summed E-state index contributed by atoms with van der Waals surface area (Å²) in [5.74, 6) is 1.78. The number of halogens is 1. The molecule has 3 fully saturated rings. The Balaban J connectivity index is 1.31. The Morgan fingerprint density at radius 1 is 1.17 bits per heavy atom. The maximum atomic E-state index is 9.80. The van der Waals surface area contributed by atoms with Gasteiger partial charge in [0.05, 0.1) is 22.9 Å². The summed E-state index contributed by atoms with van der Waals surface area (Å²) in [4.78, 5) is 14.2. The van der Waals surface area contributed by atoms with Crippen LogP contribution in [-0.2, 0) is 4.84 Å². The Kier molecular flexibility index (Phi) is 5.92. The van der Waals surface area contributed by atoms with Crippen molar-refractivity contribution in [2.45, 2.75) is 51.3 Å². The second kappa shape index (κ2) is 8.80. The summed E-state index contributed by atoms with van der Waals surface area (Å²) in [5, 5.41) is 12.3. The van der Waals surface area contributed by atoms with E-state index < -0.39 is 0 Å². The molecule has 0 amide bonds. The van der Waals surface area contributed by atoms with E-state index in [4.69, 9.17) is 25.9 Å². The van der Waals surface area contributed by atoms with Crippen LogP contribution in [0.2, 0.25) is 5.02 Å². The molecule has 35 heavy (non-hydrogen) atoms. The third-order valence-corrected chi connectivity index (χ3v) is 7.06. The Labute approximate surface area is 210 Å². The molecule has 3 saturated heterocycles. The first kappa shape index (κ1) is 23.6. The number of nitriles is 1. The van der Waals surface area contributed by atoms with Crippen molar-refractivity contribution in [3.8, 4) is 34.6 Å². The maximum absolute atomic E-state index is 9.80. The van der Waals surface area contributed by atoms with Gasteiger partial charge in [-0.2, -0.15) is 10.3 Å². The maximum Gasteiger partial charge on any atom is 0.146 e. The van der Waals surface area contributed by atoms with Crippen molar-refractivity contribution >= 4 is 11.6 Å². The molecule has 3 aromatic rings. The third-order valence-electron chi connectivity index (χ3n) is 6.76. The molecule has 0 saturated carbocycles. The summed E-state index contributed by atoms with van der Waals surface area (Å²) in [7, 11) is 0. The Bertz CT molecular complexity index is 1280. The molecule has 0 N–H and O–H groups in total. The molecule has 3 aliphatic rings. The van der Waals surface area contributed by atoms with Gasteiger partial charge in [-0.15, -0.1) is 0 Å². The summed E-state index contributed by atoms with van der Waals surface area (Å²) in [6, 6.07) is 14.7. The first-order chi connectivity index (χ1) is 16.7. The number of fused-ring (bicyclic) bond motifs is 2. The van der Waals surface area contributed by atoms with Crippen molar-refractivity contribution in [1.29, 1.82) is 5.26 Å². The lowest BCUT2D eigenvalue weighted by molar-refractivity contribution is -0.449. The number of hydrogen-bond acceptors (Lipinski definition) is 7. The van der Waals surface area contributed by atoms with Crippen molar-refractivity contribution in [2.24, 2.45) is 5.92 Å². The van der Waals surface area contributed by atoms with Gasteiger partial charge < -0.3 is 9.47 Å². The molecular weight excluding hydrogens is 464 g/mol. The average molecular weight is 491 g/mol. The van der Waals surface area contributed by atoms with Crippen LogP contribution >= 0.6 is 11.6 Å². The summed E-state index contributed by atoms with van der Waals surface area (Å²) in [6.07, 6.45) is 4.22. The zero-order chi connectivity index (χ0) is 24.8. The smallest absolute Gasteiger partial charge is 0.146 e. The van der Waals surface area contributed by atoms with Gasteiger partial charge in [0.1, 0.15) is 41.3 Å². The summed E-state index contributed by atoms with van der Waals surface area (Å²) >= 11 is 6.54. The Hall–Kier alpha value is -3.18. The van der Waals surface area contributed by atoms with E-state index in [9.17, 15) is 5.26 Å². The predicted molar refractivity (Wildman–Crippen MR) is 132 cm³/mol. The van der Waals surface area contributed by atoms with Gasteiger partial charge in [0.2, 0.25) is 0 Å². The van der Waals surface area contributed by atoms with Gasteiger partial charge in [-0.25, -0.2) is 9.97 Å². The standard InChI is InChI=1S/C27H27ClN4O3/c1-26(2)13-17(25-27(3,4)32(26)35-25)15-33-18-8-9-24(21(28)12-18)34-23-7-5-6-19(20(23)14-29)22-10-11-30-16-31-22/h5-12,16-17,25H,13,15H2,1-4H3. The van der Waals surface area contributed by atoms with E-state index in [1.165, 1.54) is 6.33 Å². The van der Waals surface area contributed by atoms with E-state index in [1.54, 1.807) is 30.5 Å². The normalized spacial score (nSPS) is 23.6. The molecule has 180 valence electrons. The lowest BCUT2D eigenvalue weighted by atomic mass is 9.71. The van der Waals surface area contributed by atoms with Gasteiger partial charge in [0, 0.05) is 29.3 Å². The predicted octanol–water partition coefficient (Wildman–Crippen LogP) is 6.03. The quantitative estimate of drug-likeness (QED) is 0.417. The average Bonchev–Trinajstić information content (AvgIpc) is 2.83. The molecule has 2 aromatic carbocycles. The molecule has 3 aliphatic heterocycles. The van der Waals surface area contributed by atoms with Crippen LogP contribution in [0.4, 0.5) is 0 Å². The molecule has 4 heterocycles. The van der Waals surface area contributed by atoms with Gasteiger partial charge in [-0.3, -0.25) is 4.84 Å².